The molecule has 0 bridgehead atoms. The second-order valence-electron chi connectivity index (χ2n) is 6.59. The van der Waals surface area contributed by atoms with E-state index in [0.717, 1.165) is 33.6 Å². The van der Waals surface area contributed by atoms with Crippen LogP contribution in [0.25, 0.3) is 0 Å². The SMILES string of the molecule is CC(=O)N(CCC(=O)Nc1cc(C)cc(C)c1)c1c(C)cccc1C. The zero-order chi connectivity index (χ0) is 18.6. The summed E-state index contributed by atoms with van der Waals surface area (Å²) in [4.78, 5) is 26.1. The molecule has 25 heavy (non-hydrogen) atoms. The maximum atomic E-state index is 12.3. The van der Waals surface area contributed by atoms with Crippen molar-refractivity contribution >= 4 is 23.2 Å². The van der Waals surface area contributed by atoms with Crippen molar-refractivity contribution in [2.45, 2.75) is 41.0 Å². The van der Waals surface area contributed by atoms with Crippen LogP contribution in [0, 0.1) is 27.7 Å². The summed E-state index contributed by atoms with van der Waals surface area (Å²) in [6.07, 6.45) is 0.250. The third kappa shape index (κ3) is 4.92. The highest BCUT2D eigenvalue weighted by molar-refractivity contribution is 5.95. The number of carbonyl (C=O) groups is 2. The van der Waals surface area contributed by atoms with Crippen molar-refractivity contribution in [3.63, 3.8) is 0 Å². The van der Waals surface area contributed by atoms with Gasteiger partial charge in [-0.2, -0.15) is 0 Å². The molecule has 2 amide bonds. The molecule has 0 heterocycles. The van der Waals surface area contributed by atoms with Gasteiger partial charge in [0, 0.05) is 31.3 Å². The predicted molar refractivity (Wildman–Crippen MR) is 103 cm³/mol. The first-order valence-electron chi connectivity index (χ1n) is 8.50. The van der Waals surface area contributed by atoms with E-state index >= 15 is 0 Å². The van der Waals surface area contributed by atoms with E-state index in [1.165, 1.54) is 6.92 Å². The Morgan fingerprint density at radius 1 is 0.960 bits per heavy atom. The Bertz CT molecular complexity index is 756. The van der Waals surface area contributed by atoms with Crippen LogP contribution in [0.15, 0.2) is 36.4 Å². The minimum atomic E-state index is -0.0949. The van der Waals surface area contributed by atoms with Crippen molar-refractivity contribution in [1.82, 2.24) is 0 Å². The van der Waals surface area contributed by atoms with Gasteiger partial charge in [-0.3, -0.25) is 9.59 Å². The van der Waals surface area contributed by atoms with Crippen molar-refractivity contribution in [1.29, 1.82) is 0 Å². The van der Waals surface area contributed by atoms with Gasteiger partial charge in [-0.25, -0.2) is 0 Å². The summed E-state index contributed by atoms with van der Waals surface area (Å²) in [5.74, 6) is -0.154. The Labute approximate surface area is 149 Å². The fraction of sp³-hybridized carbons (Fsp3) is 0.333. The quantitative estimate of drug-likeness (QED) is 0.883. The van der Waals surface area contributed by atoms with E-state index in [1.54, 1.807) is 4.90 Å². The summed E-state index contributed by atoms with van der Waals surface area (Å²) in [6, 6.07) is 11.9. The molecule has 2 aromatic carbocycles. The lowest BCUT2D eigenvalue weighted by molar-refractivity contribution is -0.117. The van der Waals surface area contributed by atoms with E-state index < -0.39 is 0 Å². The van der Waals surface area contributed by atoms with Crippen LogP contribution in [0.5, 0.6) is 0 Å². The maximum Gasteiger partial charge on any atom is 0.226 e. The molecule has 0 radical (unpaired) electrons. The number of amides is 2. The number of nitrogens with zero attached hydrogens (tertiary/aromatic N) is 1. The summed E-state index contributed by atoms with van der Waals surface area (Å²) < 4.78 is 0. The lowest BCUT2D eigenvalue weighted by Gasteiger charge is -2.25. The van der Waals surface area contributed by atoms with Crippen LogP contribution < -0.4 is 10.2 Å². The Kier molecular flexibility index (Phi) is 5.97. The fourth-order valence-corrected chi connectivity index (χ4v) is 3.14. The van der Waals surface area contributed by atoms with Gasteiger partial charge in [0.25, 0.3) is 0 Å². The average Bonchev–Trinajstić information content (AvgIpc) is 2.48. The molecule has 0 aliphatic carbocycles. The highest BCUT2D eigenvalue weighted by atomic mass is 16.2. The van der Waals surface area contributed by atoms with Gasteiger partial charge in [0.05, 0.1) is 0 Å². The van der Waals surface area contributed by atoms with Crippen LogP contribution in [0.4, 0.5) is 11.4 Å². The molecule has 1 N–H and O–H groups in total. The van der Waals surface area contributed by atoms with E-state index in [1.807, 2.05) is 58.0 Å². The van der Waals surface area contributed by atoms with Crippen LogP contribution in [0.2, 0.25) is 0 Å². The van der Waals surface area contributed by atoms with Crippen LogP contribution in [-0.4, -0.2) is 18.4 Å². The smallest absolute Gasteiger partial charge is 0.226 e. The lowest BCUT2D eigenvalue weighted by atomic mass is 10.1. The van der Waals surface area contributed by atoms with Gasteiger partial charge in [0.1, 0.15) is 0 Å². The summed E-state index contributed by atoms with van der Waals surface area (Å²) in [5, 5.41) is 2.92. The molecule has 0 atom stereocenters. The number of benzene rings is 2. The number of rotatable bonds is 5. The molecule has 2 rings (SSSR count). The largest absolute Gasteiger partial charge is 0.326 e. The highest BCUT2D eigenvalue weighted by Crippen LogP contribution is 2.25. The van der Waals surface area contributed by atoms with Crippen molar-refractivity contribution in [3.05, 3.63) is 58.7 Å². The van der Waals surface area contributed by atoms with E-state index in [4.69, 9.17) is 0 Å². The Hall–Kier alpha value is -2.62. The van der Waals surface area contributed by atoms with Gasteiger partial charge in [0.15, 0.2) is 0 Å². The molecule has 0 aromatic heterocycles. The first kappa shape index (κ1) is 18.7. The van der Waals surface area contributed by atoms with Crippen LogP contribution in [0.3, 0.4) is 0 Å². The normalized spacial score (nSPS) is 10.4. The topological polar surface area (TPSA) is 49.4 Å². The van der Waals surface area contributed by atoms with Gasteiger partial charge in [-0.05, 0) is 62.1 Å². The predicted octanol–water partition coefficient (Wildman–Crippen LogP) is 4.30. The van der Waals surface area contributed by atoms with Gasteiger partial charge in [0.2, 0.25) is 11.8 Å². The number of hydrogen-bond donors (Lipinski definition) is 1. The number of nitrogens with one attached hydrogen (secondary N) is 1. The van der Waals surface area contributed by atoms with Crippen molar-refractivity contribution in [3.8, 4) is 0 Å². The Morgan fingerprint density at radius 2 is 1.52 bits per heavy atom. The molecule has 132 valence electrons. The first-order valence-corrected chi connectivity index (χ1v) is 8.50. The molecule has 0 spiro atoms. The van der Waals surface area contributed by atoms with Crippen LogP contribution in [0.1, 0.15) is 35.6 Å². The van der Waals surface area contributed by atoms with E-state index in [-0.39, 0.29) is 18.2 Å². The molecule has 0 saturated carbocycles. The third-order valence-corrected chi connectivity index (χ3v) is 4.16. The Balaban J connectivity index is 2.08. The van der Waals surface area contributed by atoms with Crippen molar-refractivity contribution in [2.24, 2.45) is 0 Å². The second-order valence-corrected chi connectivity index (χ2v) is 6.59. The maximum absolute atomic E-state index is 12.3. The minimum absolute atomic E-state index is 0.0587. The van der Waals surface area contributed by atoms with Crippen molar-refractivity contribution in [2.75, 3.05) is 16.8 Å². The summed E-state index contributed by atoms with van der Waals surface area (Å²) >= 11 is 0. The van der Waals surface area contributed by atoms with E-state index in [9.17, 15) is 9.59 Å². The number of aryl methyl sites for hydroxylation is 4. The number of carbonyl (C=O) groups excluding carboxylic acids is 2. The minimum Gasteiger partial charge on any atom is -0.326 e. The molecule has 0 aliphatic rings. The molecule has 4 heteroatoms. The third-order valence-electron chi connectivity index (χ3n) is 4.16. The molecule has 0 fully saturated rings. The molecule has 0 unspecified atom stereocenters. The lowest BCUT2D eigenvalue weighted by Crippen LogP contribution is -2.33. The highest BCUT2D eigenvalue weighted by Gasteiger charge is 2.17. The van der Waals surface area contributed by atoms with Gasteiger partial charge in [-0.15, -0.1) is 0 Å². The Morgan fingerprint density at radius 3 is 2.04 bits per heavy atom. The summed E-state index contributed by atoms with van der Waals surface area (Å²) in [6.45, 7) is 9.86. The van der Waals surface area contributed by atoms with E-state index in [0.29, 0.717) is 6.54 Å². The number of para-hydroxylation sites is 1. The summed E-state index contributed by atoms with van der Waals surface area (Å²) in [5.41, 5.74) is 5.97. The van der Waals surface area contributed by atoms with Gasteiger partial charge in [-0.1, -0.05) is 24.3 Å². The van der Waals surface area contributed by atoms with Gasteiger partial charge >= 0.3 is 0 Å². The second kappa shape index (κ2) is 7.97. The fourth-order valence-electron chi connectivity index (χ4n) is 3.14. The monoisotopic (exact) mass is 338 g/mol. The van der Waals surface area contributed by atoms with Crippen LogP contribution in [-0.2, 0) is 9.59 Å². The molecule has 4 nitrogen and oxygen atoms in total. The molecular weight excluding hydrogens is 312 g/mol. The molecule has 0 aliphatic heterocycles. The zero-order valence-electron chi connectivity index (χ0n) is 15.6. The standard InChI is InChI=1S/C21H26N2O2/c1-14-11-15(2)13-19(12-14)22-20(25)9-10-23(18(5)24)21-16(3)7-6-8-17(21)4/h6-8,11-13H,9-10H2,1-5H3,(H,22,25). The first-order chi connectivity index (χ1) is 11.8. The zero-order valence-corrected chi connectivity index (χ0v) is 15.6. The molecule has 2 aromatic rings. The van der Waals surface area contributed by atoms with Crippen molar-refractivity contribution < 1.29 is 9.59 Å². The number of anilines is 2. The van der Waals surface area contributed by atoms with Crippen LogP contribution >= 0.6 is 0 Å². The molecular formula is C21H26N2O2. The van der Waals surface area contributed by atoms with E-state index in [2.05, 4.69) is 11.4 Å². The van der Waals surface area contributed by atoms with Gasteiger partial charge < -0.3 is 10.2 Å². The number of hydrogen-bond acceptors (Lipinski definition) is 2. The average molecular weight is 338 g/mol. The molecule has 0 saturated heterocycles. The summed E-state index contributed by atoms with van der Waals surface area (Å²) in [7, 11) is 0.